The maximum absolute atomic E-state index is 13.5. The Bertz CT molecular complexity index is 1580. The zero-order valence-corrected chi connectivity index (χ0v) is 22.2. The summed E-state index contributed by atoms with van der Waals surface area (Å²) in [6, 6.07) is 7.30. The summed E-state index contributed by atoms with van der Waals surface area (Å²) in [5.41, 5.74) is 1.52. The molecule has 1 aliphatic carbocycles. The van der Waals surface area contributed by atoms with Crippen LogP contribution < -0.4 is 9.62 Å². The fourth-order valence-electron chi connectivity index (χ4n) is 4.91. The number of fused-ring (bicyclic) bond motifs is 1. The van der Waals surface area contributed by atoms with E-state index in [0.717, 1.165) is 19.1 Å². The largest absolute Gasteiger partial charge is 0.437 e. The molecule has 2 aromatic heterocycles. The molecule has 1 saturated heterocycles. The average molecular weight is 550 g/mol. The van der Waals surface area contributed by atoms with Crippen molar-refractivity contribution in [3.8, 4) is 11.3 Å². The minimum absolute atomic E-state index is 0.0568. The van der Waals surface area contributed by atoms with Crippen LogP contribution >= 0.6 is 0 Å². The molecule has 9 nitrogen and oxygen atoms in total. The summed E-state index contributed by atoms with van der Waals surface area (Å²) in [6.45, 7) is 0.0884. The number of carbonyl (C=O) groups is 1. The lowest BCUT2D eigenvalue weighted by molar-refractivity contribution is 0.0964. The van der Waals surface area contributed by atoms with Gasteiger partial charge in [-0.05, 0) is 73.4 Å². The molecule has 1 aliphatic heterocycles. The van der Waals surface area contributed by atoms with Crippen LogP contribution in [-0.4, -0.2) is 59.1 Å². The number of sulfone groups is 1. The second-order valence-corrected chi connectivity index (χ2v) is 13.9. The summed E-state index contributed by atoms with van der Waals surface area (Å²) in [5.74, 6) is -0.242. The van der Waals surface area contributed by atoms with Crippen LogP contribution in [0.2, 0.25) is 0 Å². The normalized spacial score (nSPS) is 19.3. The van der Waals surface area contributed by atoms with Crippen molar-refractivity contribution in [3.63, 3.8) is 0 Å². The second kappa shape index (κ2) is 9.39. The number of benzene rings is 1. The fraction of sp³-hybridized carbons (Fsp3) is 0.440. The Hall–Kier alpha value is -2.99. The number of nitrogens with one attached hydrogen (secondary N) is 1. The molecule has 3 aromatic rings. The fourth-order valence-corrected chi connectivity index (χ4v) is 7.72. The van der Waals surface area contributed by atoms with E-state index < -0.39 is 31.6 Å². The van der Waals surface area contributed by atoms with Crippen LogP contribution in [0.25, 0.3) is 22.4 Å². The molecular weight excluding hydrogens is 521 g/mol. The van der Waals surface area contributed by atoms with E-state index in [2.05, 4.69) is 10.3 Å². The monoisotopic (exact) mass is 549 g/mol. The highest BCUT2D eigenvalue weighted by atomic mass is 32.2. The standard InChI is InChI=1S/C25H28FN3O6S2/c1-27-24(30)21-20-13-19(16-3-4-16)23(28-25(20)35-22(21)17-5-7-18(26)8-6-17)29(36(2,31)32)11-9-15-10-12-37(33,34)14-15/h5-8,13,15-16H,3-4,9-12,14H2,1-2H3,(H,27,30). The van der Waals surface area contributed by atoms with Crippen molar-refractivity contribution in [1.29, 1.82) is 0 Å². The van der Waals surface area contributed by atoms with Crippen molar-refractivity contribution >= 4 is 42.7 Å². The topological polar surface area (TPSA) is 127 Å². The molecule has 1 unspecified atom stereocenters. The SMILES string of the molecule is CNC(=O)c1c(-c2ccc(F)cc2)oc2nc(N(CCC3CCS(=O)(=O)C3)S(C)(=O)=O)c(C3CC3)cc12. The van der Waals surface area contributed by atoms with Crippen molar-refractivity contribution in [2.75, 3.05) is 35.7 Å². The number of nitrogens with zero attached hydrogens (tertiary/aromatic N) is 2. The molecular formula is C25H28FN3O6S2. The van der Waals surface area contributed by atoms with Gasteiger partial charge >= 0.3 is 0 Å². The number of rotatable bonds is 8. The minimum atomic E-state index is -3.76. The number of hydrogen-bond acceptors (Lipinski definition) is 7. The molecule has 2 fully saturated rings. The number of amides is 1. The van der Waals surface area contributed by atoms with Gasteiger partial charge in [0.15, 0.2) is 9.84 Å². The summed E-state index contributed by atoms with van der Waals surface area (Å²) >= 11 is 0. The molecule has 1 atom stereocenters. The third kappa shape index (κ3) is 5.22. The lowest BCUT2D eigenvalue weighted by Crippen LogP contribution is -2.33. The molecule has 3 heterocycles. The number of carbonyl (C=O) groups excluding carboxylic acids is 1. The molecule has 0 bridgehead atoms. The number of pyridine rings is 1. The van der Waals surface area contributed by atoms with Crippen LogP contribution in [0, 0.1) is 11.7 Å². The number of furan rings is 1. The van der Waals surface area contributed by atoms with E-state index in [9.17, 15) is 26.0 Å². The van der Waals surface area contributed by atoms with Crippen molar-refractivity contribution in [2.24, 2.45) is 5.92 Å². The van der Waals surface area contributed by atoms with E-state index in [4.69, 9.17) is 4.42 Å². The van der Waals surface area contributed by atoms with Crippen molar-refractivity contribution in [3.05, 3.63) is 47.3 Å². The summed E-state index contributed by atoms with van der Waals surface area (Å²) in [4.78, 5) is 17.5. The Morgan fingerprint density at radius 2 is 1.92 bits per heavy atom. The first kappa shape index (κ1) is 25.7. The molecule has 5 rings (SSSR count). The van der Waals surface area contributed by atoms with Crippen molar-refractivity contribution < 1.29 is 30.4 Å². The second-order valence-electron chi connectivity index (χ2n) is 9.81. The molecule has 1 N–H and O–H groups in total. The van der Waals surface area contributed by atoms with Crippen LogP contribution in [0.5, 0.6) is 0 Å². The van der Waals surface area contributed by atoms with Crippen LogP contribution in [-0.2, 0) is 19.9 Å². The molecule has 1 saturated carbocycles. The molecule has 1 aromatic carbocycles. The predicted octanol–water partition coefficient (Wildman–Crippen LogP) is 3.46. The van der Waals surface area contributed by atoms with Crippen LogP contribution in [0.1, 0.15) is 47.5 Å². The van der Waals surface area contributed by atoms with Gasteiger partial charge in [-0.2, -0.15) is 4.98 Å². The third-order valence-electron chi connectivity index (χ3n) is 6.97. The lowest BCUT2D eigenvalue weighted by Gasteiger charge is -2.25. The highest BCUT2D eigenvalue weighted by molar-refractivity contribution is 7.92. The number of sulfonamides is 1. The lowest BCUT2D eigenvalue weighted by atomic mass is 10.0. The van der Waals surface area contributed by atoms with E-state index in [-0.39, 0.29) is 52.7 Å². The van der Waals surface area contributed by atoms with Gasteiger partial charge in [-0.25, -0.2) is 21.2 Å². The van der Waals surface area contributed by atoms with Crippen LogP contribution in [0.15, 0.2) is 34.7 Å². The van der Waals surface area contributed by atoms with E-state index in [1.165, 1.54) is 35.6 Å². The first-order valence-corrected chi connectivity index (χ1v) is 15.8. The van der Waals surface area contributed by atoms with Gasteiger partial charge in [-0.15, -0.1) is 0 Å². The zero-order valence-electron chi connectivity index (χ0n) is 20.5. The molecule has 2 aliphatic rings. The summed E-state index contributed by atoms with van der Waals surface area (Å²) in [6.07, 6.45) is 3.71. The Morgan fingerprint density at radius 3 is 2.49 bits per heavy atom. The molecule has 198 valence electrons. The van der Waals surface area contributed by atoms with Crippen LogP contribution in [0.3, 0.4) is 0 Å². The van der Waals surface area contributed by atoms with Gasteiger partial charge in [-0.3, -0.25) is 9.10 Å². The maximum atomic E-state index is 13.5. The smallest absolute Gasteiger partial charge is 0.255 e. The highest BCUT2D eigenvalue weighted by Crippen LogP contribution is 2.47. The number of aromatic nitrogens is 1. The van der Waals surface area contributed by atoms with Gasteiger partial charge in [-0.1, -0.05) is 0 Å². The molecule has 37 heavy (non-hydrogen) atoms. The number of halogens is 1. The Labute approximate surface area is 215 Å². The summed E-state index contributed by atoms with van der Waals surface area (Å²) in [5, 5.41) is 3.05. The quantitative estimate of drug-likeness (QED) is 0.456. The van der Waals surface area contributed by atoms with Crippen molar-refractivity contribution in [1.82, 2.24) is 10.3 Å². The molecule has 0 radical (unpaired) electrons. The van der Waals surface area contributed by atoms with Crippen molar-refractivity contribution in [2.45, 2.75) is 31.6 Å². The van der Waals surface area contributed by atoms with Gasteiger partial charge in [0, 0.05) is 19.2 Å². The number of anilines is 1. The van der Waals surface area contributed by atoms with Gasteiger partial charge in [0.2, 0.25) is 15.7 Å². The van der Waals surface area contributed by atoms with E-state index in [1.54, 1.807) is 6.07 Å². The zero-order chi connectivity index (χ0) is 26.5. The van der Waals surface area contributed by atoms with E-state index in [0.29, 0.717) is 29.4 Å². The first-order chi connectivity index (χ1) is 17.5. The van der Waals surface area contributed by atoms with Crippen LogP contribution in [0.4, 0.5) is 10.2 Å². The van der Waals surface area contributed by atoms with Gasteiger partial charge in [0.05, 0.1) is 28.7 Å². The van der Waals surface area contributed by atoms with Gasteiger partial charge in [0.1, 0.15) is 17.4 Å². The third-order valence-corrected chi connectivity index (χ3v) is 9.97. The maximum Gasteiger partial charge on any atom is 0.255 e. The molecule has 12 heteroatoms. The Balaban J connectivity index is 1.63. The number of hydrogen-bond donors (Lipinski definition) is 1. The molecule has 0 spiro atoms. The van der Waals surface area contributed by atoms with Gasteiger partial charge < -0.3 is 9.73 Å². The first-order valence-electron chi connectivity index (χ1n) is 12.1. The van der Waals surface area contributed by atoms with E-state index in [1.807, 2.05) is 0 Å². The summed E-state index contributed by atoms with van der Waals surface area (Å²) in [7, 11) is -5.35. The Kier molecular flexibility index (Phi) is 6.51. The predicted molar refractivity (Wildman–Crippen MR) is 138 cm³/mol. The van der Waals surface area contributed by atoms with Gasteiger partial charge in [0.25, 0.3) is 5.91 Å². The van der Waals surface area contributed by atoms with E-state index >= 15 is 0 Å². The summed E-state index contributed by atoms with van der Waals surface area (Å²) < 4.78 is 70.4. The average Bonchev–Trinajstić information content (AvgIpc) is 3.53. The minimum Gasteiger partial charge on any atom is -0.437 e. The highest BCUT2D eigenvalue weighted by Gasteiger charge is 2.35. The molecule has 1 amide bonds. The Morgan fingerprint density at radius 1 is 1.22 bits per heavy atom.